The third-order valence-corrected chi connectivity index (χ3v) is 3.43. The summed E-state index contributed by atoms with van der Waals surface area (Å²) in [5.41, 5.74) is 5.64. The topological polar surface area (TPSA) is 63.0 Å². The van der Waals surface area contributed by atoms with Gasteiger partial charge in [0.15, 0.2) is 0 Å². The fraction of sp³-hybridized carbons (Fsp3) is 0.0833. The molecule has 1 aromatic heterocycles. The molecular weight excluding hydrogens is 280 g/mol. The van der Waals surface area contributed by atoms with Crippen molar-refractivity contribution in [2.45, 2.75) is 6.92 Å². The molecule has 0 bridgehead atoms. The second-order valence-electron chi connectivity index (χ2n) is 3.64. The minimum absolute atomic E-state index is 0.624. The van der Waals surface area contributed by atoms with Gasteiger partial charge in [0.2, 0.25) is 0 Å². The van der Waals surface area contributed by atoms with Crippen molar-refractivity contribution in [1.29, 1.82) is 0 Å². The largest absolute Gasteiger partial charge is 0.354 e. The number of benzene rings is 1. The summed E-state index contributed by atoms with van der Waals surface area (Å²) in [6.07, 6.45) is 1.70. The van der Waals surface area contributed by atoms with E-state index in [2.05, 4.69) is 44.6 Å². The lowest BCUT2D eigenvalue weighted by Gasteiger charge is -2.10. The van der Waals surface area contributed by atoms with Gasteiger partial charge in [0.1, 0.15) is 5.82 Å². The molecule has 17 heavy (non-hydrogen) atoms. The number of pyridine rings is 1. The summed E-state index contributed by atoms with van der Waals surface area (Å²) in [6.45, 7) is 2.05. The van der Waals surface area contributed by atoms with Crippen LogP contribution in [-0.4, -0.2) is 4.98 Å². The summed E-state index contributed by atoms with van der Waals surface area (Å²) in [6, 6.07) is 9.79. The highest BCUT2D eigenvalue weighted by molar-refractivity contribution is 9.10. The Morgan fingerprint density at radius 3 is 2.88 bits per heavy atom. The van der Waals surface area contributed by atoms with Crippen LogP contribution in [0.2, 0.25) is 0 Å². The van der Waals surface area contributed by atoms with Gasteiger partial charge in [-0.2, -0.15) is 0 Å². The summed E-state index contributed by atoms with van der Waals surface area (Å²) in [5, 5.41) is 3.31. The summed E-state index contributed by atoms with van der Waals surface area (Å²) < 4.78 is 1.05. The number of rotatable bonds is 3. The van der Waals surface area contributed by atoms with Crippen LogP contribution in [0.5, 0.6) is 0 Å². The summed E-state index contributed by atoms with van der Waals surface area (Å²) >= 11 is 3.55. The molecular formula is C12H13BrN4. The number of nitrogen functional groups attached to an aromatic ring is 1. The highest BCUT2D eigenvalue weighted by atomic mass is 79.9. The molecule has 1 heterocycles. The lowest BCUT2D eigenvalue weighted by molar-refractivity contribution is 1.23. The maximum atomic E-state index is 5.32. The van der Waals surface area contributed by atoms with Crippen molar-refractivity contribution in [2.24, 2.45) is 5.84 Å². The molecule has 4 N–H and O–H groups in total. The van der Waals surface area contributed by atoms with Gasteiger partial charge in [-0.25, -0.2) is 10.8 Å². The number of anilines is 3. The van der Waals surface area contributed by atoms with Crippen LogP contribution in [0.25, 0.3) is 0 Å². The SMILES string of the molecule is Cc1cccc(Nc2ccnc(NN)c2)c1Br. The number of hydrogen-bond donors (Lipinski definition) is 3. The Labute approximate surface area is 108 Å². The van der Waals surface area contributed by atoms with Gasteiger partial charge in [-0.3, -0.25) is 0 Å². The molecule has 0 saturated heterocycles. The zero-order chi connectivity index (χ0) is 12.3. The normalized spacial score (nSPS) is 10.1. The third kappa shape index (κ3) is 2.75. The number of nitrogens with zero attached hydrogens (tertiary/aromatic N) is 1. The average Bonchev–Trinajstić information content (AvgIpc) is 2.35. The third-order valence-electron chi connectivity index (χ3n) is 2.38. The van der Waals surface area contributed by atoms with Crippen molar-refractivity contribution in [3.63, 3.8) is 0 Å². The molecule has 1 aromatic carbocycles. The van der Waals surface area contributed by atoms with Crippen molar-refractivity contribution in [3.8, 4) is 0 Å². The Morgan fingerprint density at radius 2 is 2.12 bits per heavy atom. The van der Waals surface area contributed by atoms with E-state index in [1.165, 1.54) is 5.56 Å². The Morgan fingerprint density at radius 1 is 1.29 bits per heavy atom. The number of hydrazine groups is 1. The van der Waals surface area contributed by atoms with Crippen molar-refractivity contribution in [3.05, 3.63) is 46.6 Å². The van der Waals surface area contributed by atoms with E-state index in [9.17, 15) is 0 Å². The molecule has 0 atom stereocenters. The fourth-order valence-corrected chi connectivity index (χ4v) is 1.85. The summed E-state index contributed by atoms with van der Waals surface area (Å²) in [7, 11) is 0. The number of nitrogens with two attached hydrogens (primary N) is 1. The molecule has 0 aliphatic carbocycles. The molecule has 0 fully saturated rings. The van der Waals surface area contributed by atoms with Gasteiger partial charge >= 0.3 is 0 Å². The molecule has 0 saturated carbocycles. The molecule has 0 amide bonds. The second-order valence-corrected chi connectivity index (χ2v) is 4.43. The molecule has 0 spiro atoms. The van der Waals surface area contributed by atoms with Gasteiger partial charge in [-0.1, -0.05) is 12.1 Å². The summed E-state index contributed by atoms with van der Waals surface area (Å²) in [4.78, 5) is 4.05. The van der Waals surface area contributed by atoms with E-state index in [-0.39, 0.29) is 0 Å². The van der Waals surface area contributed by atoms with Crippen LogP contribution < -0.4 is 16.6 Å². The van der Waals surface area contributed by atoms with E-state index in [0.717, 1.165) is 15.8 Å². The lowest BCUT2D eigenvalue weighted by atomic mass is 10.2. The van der Waals surface area contributed by atoms with Gasteiger partial charge < -0.3 is 10.7 Å². The van der Waals surface area contributed by atoms with Crippen LogP contribution in [-0.2, 0) is 0 Å². The van der Waals surface area contributed by atoms with Crippen molar-refractivity contribution in [2.75, 3.05) is 10.7 Å². The minimum Gasteiger partial charge on any atom is -0.354 e. The number of aromatic nitrogens is 1. The standard InChI is InChI=1S/C12H13BrN4/c1-8-3-2-4-10(12(8)13)16-9-5-6-15-11(7-9)17-14/h2-7H,14H2,1H3,(H2,15,16,17). The van der Waals surface area contributed by atoms with E-state index in [0.29, 0.717) is 5.82 Å². The van der Waals surface area contributed by atoms with Crippen LogP contribution in [0.1, 0.15) is 5.56 Å². The molecule has 4 nitrogen and oxygen atoms in total. The van der Waals surface area contributed by atoms with Gasteiger partial charge in [0.05, 0.1) is 5.69 Å². The second kappa shape index (κ2) is 5.16. The van der Waals surface area contributed by atoms with Crippen LogP contribution in [0, 0.1) is 6.92 Å². The van der Waals surface area contributed by atoms with E-state index < -0.39 is 0 Å². The zero-order valence-corrected chi connectivity index (χ0v) is 11.0. The fourth-order valence-electron chi connectivity index (χ4n) is 1.49. The van der Waals surface area contributed by atoms with Gasteiger partial charge in [0.25, 0.3) is 0 Å². The Balaban J connectivity index is 2.28. The van der Waals surface area contributed by atoms with Gasteiger partial charge in [0, 0.05) is 22.4 Å². The monoisotopic (exact) mass is 292 g/mol. The van der Waals surface area contributed by atoms with E-state index in [1.54, 1.807) is 6.20 Å². The number of hydrogen-bond acceptors (Lipinski definition) is 4. The van der Waals surface area contributed by atoms with E-state index in [1.807, 2.05) is 24.3 Å². The van der Waals surface area contributed by atoms with Crippen LogP contribution in [0.4, 0.5) is 17.2 Å². The summed E-state index contributed by atoms with van der Waals surface area (Å²) in [5.74, 6) is 5.94. The number of aryl methyl sites for hydroxylation is 1. The highest BCUT2D eigenvalue weighted by Gasteiger charge is 2.03. The first-order valence-electron chi connectivity index (χ1n) is 5.15. The predicted octanol–water partition coefficient (Wildman–Crippen LogP) is 3.18. The first-order valence-corrected chi connectivity index (χ1v) is 5.95. The quantitative estimate of drug-likeness (QED) is 0.601. The predicted molar refractivity (Wildman–Crippen MR) is 74.2 cm³/mol. The number of nitrogens with one attached hydrogen (secondary N) is 2. The molecule has 2 rings (SSSR count). The Kier molecular flexibility index (Phi) is 3.61. The van der Waals surface area contributed by atoms with Crippen molar-refractivity contribution < 1.29 is 0 Å². The van der Waals surface area contributed by atoms with Crippen LogP contribution in [0.3, 0.4) is 0 Å². The molecule has 2 aromatic rings. The smallest absolute Gasteiger partial charge is 0.141 e. The zero-order valence-electron chi connectivity index (χ0n) is 9.37. The molecule has 88 valence electrons. The molecule has 0 radical (unpaired) electrons. The maximum Gasteiger partial charge on any atom is 0.141 e. The minimum atomic E-state index is 0.624. The highest BCUT2D eigenvalue weighted by Crippen LogP contribution is 2.28. The molecule has 0 aliphatic rings. The van der Waals surface area contributed by atoms with Crippen molar-refractivity contribution >= 4 is 33.1 Å². The molecule has 5 heteroatoms. The van der Waals surface area contributed by atoms with E-state index >= 15 is 0 Å². The number of halogens is 1. The van der Waals surface area contributed by atoms with Gasteiger partial charge in [-0.05, 0) is 40.5 Å². The first kappa shape index (κ1) is 11.9. The van der Waals surface area contributed by atoms with Crippen molar-refractivity contribution in [1.82, 2.24) is 4.98 Å². The van der Waals surface area contributed by atoms with E-state index in [4.69, 9.17) is 5.84 Å². The Bertz CT molecular complexity index is 528. The van der Waals surface area contributed by atoms with Gasteiger partial charge in [-0.15, -0.1) is 0 Å². The van der Waals surface area contributed by atoms with Crippen LogP contribution >= 0.6 is 15.9 Å². The van der Waals surface area contributed by atoms with Crippen LogP contribution in [0.15, 0.2) is 41.0 Å². The molecule has 0 unspecified atom stereocenters. The maximum absolute atomic E-state index is 5.32. The molecule has 0 aliphatic heterocycles. The first-order chi connectivity index (χ1) is 8.20. The lowest BCUT2D eigenvalue weighted by Crippen LogP contribution is -2.08. The Hall–Kier alpha value is -1.59. The average molecular weight is 293 g/mol.